The molecule has 2 saturated carbocycles. The van der Waals surface area contributed by atoms with Crippen molar-refractivity contribution >= 4 is 5.97 Å². The molecule has 2 rings (SSSR count). The lowest BCUT2D eigenvalue weighted by Gasteiger charge is -2.58. The number of methoxy groups -OCH3 is 1. The van der Waals surface area contributed by atoms with E-state index >= 15 is 0 Å². The summed E-state index contributed by atoms with van der Waals surface area (Å²) in [6.07, 6.45) is 10.7. The number of carbonyl (C=O) groups excluding carboxylic acids is 1. The van der Waals surface area contributed by atoms with Gasteiger partial charge >= 0.3 is 5.97 Å². The smallest absolute Gasteiger partial charge is 0.311 e. The van der Waals surface area contributed by atoms with Gasteiger partial charge in [-0.2, -0.15) is 0 Å². The van der Waals surface area contributed by atoms with Crippen molar-refractivity contribution in [2.24, 2.45) is 16.7 Å². The molecule has 2 aliphatic rings. The average molecular weight is 264 g/mol. The third-order valence-electron chi connectivity index (χ3n) is 5.80. The van der Waals surface area contributed by atoms with Gasteiger partial charge in [-0.3, -0.25) is 4.79 Å². The zero-order valence-electron chi connectivity index (χ0n) is 12.2. The summed E-state index contributed by atoms with van der Waals surface area (Å²) < 4.78 is 5.02. The molecular formula is C16H24O3. The molecule has 0 aromatic heterocycles. The topological polar surface area (TPSA) is 46.5 Å². The minimum atomic E-state index is -1.09. The third kappa shape index (κ3) is 1.80. The molecule has 0 spiro atoms. The normalized spacial score (nSPS) is 45.9. The number of terminal acetylenes is 1. The highest BCUT2D eigenvalue weighted by Crippen LogP contribution is 2.61. The Morgan fingerprint density at radius 3 is 2.58 bits per heavy atom. The van der Waals surface area contributed by atoms with Gasteiger partial charge in [-0.15, -0.1) is 6.42 Å². The van der Waals surface area contributed by atoms with Crippen molar-refractivity contribution in [1.29, 1.82) is 0 Å². The van der Waals surface area contributed by atoms with Crippen LogP contribution in [0.3, 0.4) is 0 Å². The lowest BCUT2D eigenvalue weighted by atomic mass is 9.46. The zero-order chi connectivity index (χ0) is 14.3. The number of hydrogen-bond donors (Lipinski definition) is 1. The van der Waals surface area contributed by atoms with Gasteiger partial charge in [0.25, 0.3) is 0 Å². The number of carbonyl (C=O) groups is 1. The number of rotatable bonds is 1. The van der Waals surface area contributed by atoms with E-state index in [9.17, 15) is 9.90 Å². The van der Waals surface area contributed by atoms with Crippen molar-refractivity contribution < 1.29 is 14.6 Å². The second kappa shape index (κ2) is 4.52. The molecule has 0 saturated heterocycles. The fourth-order valence-corrected chi connectivity index (χ4v) is 4.57. The average Bonchev–Trinajstić information content (AvgIpc) is 2.40. The number of fused-ring (bicyclic) bond motifs is 1. The molecule has 0 aromatic carbocycles. The van der Waals surface area contributed by atoms with E-state index in [1.165, 1.54) is 7.11 Å². The van der Waals surface area contributed by atoms with Crippen molar-refractivity contribution in [3.63, 3.8) is 0 Å². The third-order valence-corrected chi connectivity index (χ3v) is 5.80. The molecule has 106 valence electrons. The predicted octanol–water partition coefficient (Wildman–Crippen LogP) is 2.52. The van der Waals surface area contributed by atoms with Gasteiger partial charge in [0.1, 0.15) is 5.60 Å². The summed E-state index contributed by atoms with van der Waals surface area (Å²) in [7, 11) is 1.44. The van der Waals surface area contributed by atoms with Crippen molar-refractivity contribution in [2.75, 3.05) is 7.11 Å². The molecule has 19 heavy (non-hydrogen) atoms. The maximum atomic E-state index is 12.2. The molecule has 1 unspecified atom stereocenters. The summed E-state index contributed by atoms with van der Waals surface area (Å²) in [5.74, 6) is 2.55. The standard InChI is InChI=1S/C16H24O3/c1-5-16(18)11-6-8-12-14(2,13(17)19-4)9-7-10-15(12,16)3/h1,12,18H,6-11H2,2-4H3/t12?,14-,15-,16+/m1/s1. The van der Waals surface area contributed by atoms with Crippen LogP contribution in [0.2, 0.25) is 0 Å². The molecule has 0 heterocycles. The highest BCUT2D eigenvalue weighted by Gasteiger charge is 2.62. The van der Waals surface area contributed by atoms with E-state index in [2.05, 4.69) is 12.8 Å². The molecular weight excluding hydrogens is 240 g/mol. The van der Waals surface area contributed by atoms with Gasteiger partial charge in [-0.1, -0.05) is 19.3 Å². The summed E-state index contributed by atoms with van der Waals surface area (Å²) >= 11 is 0. The maximum absolute atomic E-state index is 12.2. The van der Waals surface area contributed by atoms with Gasteiger partial charge < -0.3 is 9.84 Å². The number of aliphatic hydroxyl groups is 1. The molecule has 0 amide bonds. The number of ether oxygens (including phenoxy) is 1. The summed E-state index contributed by atoms with van der Waals surface area (Å²) in [5.41, 5.74) is -2.00. The molecule has 0 aliphatic heterocycles. The Morgan fingerprint density at radius 2 is 2.00 bits per heavy atom. The van der Waals surface area contributed by atoms with Gasteiger partial charge in [0.15, 0.2) is 0 Å². The monoisotopic (exact) mass is 264 g/mol. The van der Waals surface area contributed by atoms with Crippen LogP contribution in [0.5, 0.6) is 0 Å². The predicted molar refractivity (Wildman–Crippen MR) is 73.2 cm³/mol. The molecule has 0 radical (unpaired) electrons. The Hall–Kier alpha value is -1.01. The van der Waals surface area contributed by atoms with Crippen LogP contribution >= 0.6 is 0 Å². The van der Waals surface area contributed by atoms with E-state index < -0.39 is 11.0 Å². The van der Waals surface area contributed by atoms with Crippen LogP contribution in [0.4, 0.5) is 0 Å². The SMILES string of the molecule is C#C[C@]1(O)CCCC2[C@](C)(C(=O)OC)CCC[C@]21C. The first-order valence-corrected chi connectivity index (χ1v) is 7.13. The van der Waals surface area contributed by atoms with Crippen molar-refractivity contribution in [2.45, 2.75) is 58.0 Å². The highest BCUT2D eigenvalue weighted by molar-refractivity contribution is 5.77. The Balaban J connectivity index is 2.46. The van der Waals surface area contributed by atoms with Crippen molar-refractivity contribution in [3.8, 4) is 12.3 Å². The van der Waals surface area contributed by atoms with Crippen LogP contribution in [0, 0.1) is 29.1 Å². The molecule has 3 nitrogen and oxygen atoms in total. The Labute approximate surface area is 115 Å². The summed E-state index contributed by atoms with van der Waals surface area (Å²) in [5, 5.41) is 10.8. The van der Waals surface area contributed by atoms with Crippen LogP contribution in [-0.2, 0) is 9.53 Å². The van der Waals surface area contributed by atoms with Crippen LogP contribution in [-0.4, -0.2) is 23.8 Å². The Bertz CT molecular complexity index is 424. The maximum Gasteiger partial charge on any atom is 0.311 e. The minimum absolute atomic E-state index is 0.0935. The molecule has 4 atom stereocenters. The molecule has 1 N–H and O–H groups in total. The zero-order valence-corrected chi connectivity index (χ0v) is 12.2. The van der Waals surface area contributed by atoms with Gasteiger partial charge in [-0.25, -0.2) is 0 Å². The van der Waals surface area contributed by atoms with Crippen LogP contribution in [0.15, 0.2) is 0 Å². The fourth-order valence-electron chi connectivity index (χ4n) is 4.57. The van der Waals surface area contributed by atoms with E-state index in [1.807, 2.05) is 6.92 Å². The van der Waals surface area contributed by atoms with E-state index in [1.54, 1.807) is 0 Å². The van der Waals surface area contributed by atoms with E-state index in [4.69, 9.17) is 11.2 Å². The number of esters is 1. The summed E-state index contributed by atoms with van der Waals surface area (Å²) in [6.45, 7) is 4.03. The first-order valence-electron chi connectivity index (χ1n) is 7.13. The molecule has 0 bridgehead atoms. The van der Waals surface area contributed by atoms with Gasteiger partial charge in [0, 0.05) is 5.41 Å². The van der Waals surface area contributed by atoms with E-state index in [0.717, 1.165) is 32.1 Å². The second-order valence-corrected chi connectivity index (χ2v) is 6.63. The first-order chi connectivity index (χ1) is 8.84. The molecule has 2 fully saturated rings. The van der Waals surface area contributed by atoms with Gasteiger partial charge in [0.2, 0.25) is 0 Å². The van der Waals surface area contributed by atoms with Gasteiger partial charge in [-0.05, 0) is 44.9 Å². The first kappa shape index (κ1) is 14.4. The van der Waals surface area contributed by atoms with Crippen LogP contribution in [0.1, 0.15) is 52.4 Å². The molecule has 0 aromatic rings. The fraction of sp³-hybridized carbons (Fsp3) is 0.812. The largest absolute Gasteiger partial charge is 0.469 e. The Morgan fingerprint density at radius 1 is 1.32 bits per heavy atom. The van der Waals surface area contributed by atoms with Crippen LogP contribution in [0.25, 0.3) is 0 Å². The van der Waals surface area contributed by atoms with Gasteiger partial charge in [0.05, 0.1) is 12.5 Å². The summed E-state index contributed by atoms with van der Waals surface area (Å²) in [6, 6.07) is 0. The quantitative estimate of drug-likeness (QED) is 0.585. The van der Waals surface area contributed by atoms with Crippen molar-refractivity contribution in [1.82, 2.24) is 0 Å². The molecule has 3 heteroatoms. The van der Waals surface area contributed by atoms with Crippen LogP contribution < -0.4 is 0 Å². The minimum Gasteiger partial charge on any atom is -0.469 e. The molecule has 2 aliphatic carbocycles. The van der Waals surface area contributed by atoms with E-state index in [0.29, 0.717) is 6.42 Å². The van der Waals surface area contributed by atoms with E-state index in [-0.39, 0.29) is 17.3 Å². The highest BCUT2D eigenvalue weighted by atomic mass is 16.5. The lowest BCUT2D eigenvalue weighted by Crippen LogP contribution is -2.60. The lowest BCUT2D eigenvalue weighted by molar-refractivity contribution is -0.185. The van der Waals surface area contributed by atoms with Crippen molar-refractivity contribution in [3.05, 3.63) is 0 Å². The second-order valence-electron chi connectivity index (χ2n) is 6.63. The number of hydrogen-bond acceptors (Lipinski definition) is 3. The Kier molecular flexibility index (Phi) is 3.43. The summed E-state index contributed by atoms with van der Waals surface area (Å²) in [4.78, 5) is 12.2.